The highest BCUT2D eigenvalue weighted by atomic mass is 32.2. The Morgan fingerprint density at radius 3 is 1.92 bits per heavy atom. The minimum atomic E-state index is -4.29. The number of sulfonamides is 1. The van der Waals surface area contributed by atoms with Crippen molar-refractivity contribution in [3.8, 4) is 11.5 Å². The zero-order valence-corrected chi connectivity index (χ0v) is 28.8. The van der Waals surface area contributed by atoms with Gasteiger partial charge in [0.2, 0.25) is 11.8 Å². The van der Waals surface area contributed by atoms with Crippen molar-refractivity contribution in [2.75, 3.05) is 17.4 Å². The molecule has 5 aromatic rings. The van der Waals surface area contributed by atoms with Crippen molar-refractivity contribution in [3.63, 3.8) is 0 Å². The number of hydrogen-bond donors (Lipinski definition) is 1. The minimum Gasteiger partial charge on any atom is -0.457 e. The van der Waals surface area contributed by atoms with Crippen molar-refractivity contribution in [1.29, 1.82) is 0 Å². The van der Waals surface area contributed by atoms with Crippen molar-refractivity contribution < 1.29 is 27.1 Å². The van der Waals surface area contributed by atoms with Gasteiger partial charge >= 0.3 is 0 Å². The Hall–Kier alpha value is -5.48. The number of carbonyl (C=O) groups is 2. The standard InChI is InChI=1S/C40H40FN3O5S/c1-30(2)27-42-40(46)38(26-31-14-6-3-7-15-31)43(28-32-16-12-13-21-37(32)41)39(45)29-44(50(47,48)36-19-10-5-11-20-36)33-22-24-35(25-23-33)49-34-17-8-4-9-18-34/h3-25,30,38H,26-29H2,1-2H3,(H,42,46). The number of ether oxygens (including phenoxy) is 1. The molecule has 1 atom stereocenters. The lowest BCUT2D eigenvalue weighted by Gasteiger charge is -2.34. The van der Waals surface area contributed by atoms with Gasteiger partial charge < -0.3 is 15.0 Å². The van der Waals surface area contributed by atoms with Gasteiger partial charge in [-0.25, -0.2) is 12.8 Å². The lowest BCUT2D eigenvalue weighted by molar-refractivity contribution is -0.140. The Morgan fingerprint density at radius 2 is 1.30 bits per heavy atom. The molecule has 8 nitrogen and oxygen atoms in total. The van der Waals surface area contributed by atoms with E-state index in [9.17, 15) is 18.0 Å². The van der Waals surface area contributed by atoms with E-state index < -0.39 is 40.2 Å². The first-order chi connectivity index (χ1) is 24.1. The maximum Gasteiger partial charge on any atom is 0.264 e. The van der Waals surface area contributed by atoms with E-state index in [2.05, 4.69) is 5.32 Å². The number of hydrogen-bond acceptors (Lipinski definition) is 5. The molecule has 0 spiro atoms. The monoisotopic (exact) mass is 693 g/mol. The van der Waals surface area contributed by atoms with Gasteiger partial charge in [-0.05, 0) is 66.1 Å². The van der Waals surface area contributed by atoms with E-state index in [0.29, 0.717) is 18.0 Å². The van der Waals surface area contributed by atoms with Crippen molar-refractivity contribution >= 4 is 27.5 Å². The second-order valence-corrected chi connectivity index (χ2v) is 14.1. The highest BCUT2D eigenvalue weighted by molar-refractivity contribution is 7.92. The third-order valence-electron chi connectivity index (χ3n) is 7.97. The van der Waals surface area contributed by atoms with Crippen LogP contribution >= 0.6 is 0 Å². The first-order valence-corrected chi connectivity index (χ1v) is 17.8. The molecule has 0 aliphatic carbocycles. The predicted octanol–water partition coefficient (Wildman–Crippen LogP) is 7.23. The number of benzene rings is 5. The van der Waals surface area contributed by atoms with Gasteiger partial charge in [0, 0.05) is 25.1 Å². The fraction of sp³-hybridized carbons (Fsp3) is 0.200. The molecule has 0 heterocycles. The van der Waals surface area contributed by atoms with Crippen LogP contribution in [-0.4, -0.2) is 44.3 Å². The predicted molar refractivity (Wildman–Crippen MR) is 193 cm³/mol. The number of carbonyl (C=O) groups excluding carboxylic acids is 2. The summed E-state index contributed by atoms with van der Waals surface area (Å²) in [6, 6.07) is 37.5. The van der Waals surface area contributed by atoms with Crippen LogP contribution in [0.15, 0.2) is 144 Å². The first-order valence-electron chi connectivity index (χ1n) is 16.4. The quantitative estimate of drug-likeness (QED) is 0.125. The van der Waals surface area contributed by atoms with Crippen molar-refractivity contribution in [3.05, 3.63) is 156 Å². The Labute approximate surface area is 293 Å². The number of halogens is 1. The Morgan fingerprint density at radius 1 is 0.740 bits per heavy atom. The van der Waals surface area contributed by atoms with Gasteiger partial charge in [-0.3, -0.25) is 13.9 Å². The van der Waals surface area contributed by atoms with Gasteiger partial charge in [0.1, 0.15) is 29.9 Å². The van der Waals surface area contributed by atoms with Gasteiger partial charge in [0.25, 0.3) is 10.0 Å². The van der Waals surface area contributed by atoms with Crippen LogP contribution in [0.5, 0.6) is 11.5 Å². The topological polar surface area (TPSA) is 96.0 Å². The van der Waals surface area contributed by atoms with Crippen LogP contribution in [0.4, 0.5) is 10.1 Å². The van der Waals surface area contributed by atoms with Crippen molar-refractivity contribution in [2.45, 2.75) is 37.8 Å². The van der Waals surface area contributed by atoms with Crippen LogP contribution < -0.4 is 14.4 Å². The van der Waals surface area contributed by atoms with Crippen LogP contribution in [-0.2, 0) is 32.6 Å². The third kappa shape index (κ3) is 9.35. The molecule has 0 aliphatic heterocycles. The maximum atomic E-state index is 15.1. The van der Waals surface area contributed by atoms with Gasteiger partial charge in [-0.2, -0.15) is 0 Å². The lowest BCUT2D eigenvalue weighted by atomic mass is 10.0. The summed E-state index contributed by atoms with van der Waals surface area (Å²) in [6.45, 7) is 3.35. The van der Waals surface area contributed by atoms with Gasteiger partial charge in [-0.15, -0.1) is 0 Å². The molecule has 0 fully saturated rings. The van der Waals surface area contributed by atoms with Crippen molar-refractivity contribution in [2.24, 2.45) is 5.92 Å². The Balaban J connectivity index is 1.55. The maximum absolute atomic E-state index is 15.1. The SMILES string of the molecule is CC(C)CNC(=O)C(Cc1ccccc1)N(Cc1ccccc1F)C(=O)CN(c1ccc(Oc2ccccc2)cc1)S(=O)(=O)c1ccccc1. The average Bonchev–Trinajstić information content (AvgIpc) is 3.13. The summed E-state index contributed by atoms with van der Waals surface area (Å²) in [5.74, 6) is -0.450. The molecule has 50 heavy (non-hydrogen) atoms. The van der Waals surface area contributed by atoms with E-state index in [4.69, 9.17) is 4.74 Å². The van der Waals surface area contributed by atoms with Gasteiger partial charge in [0.15, 0.2) is 0 Å². The number of anilines is 1. The molecule has 1 N–H and O–H groups in total. The Bertz CT molecular complexity index is 1960. The van der Waals surface area contributed by atoms with Gasteiger partial charge in [-0.1, -0.05) is 98.8 Å². The molecular formula is C40H40FN3O5S. The number of nitrogens with one attached hydrogen (secondary N) is 1. The summed E-state index contributed by atoms with van der Waals surface area (Å²) in [6.07, 6.45) is 0.127. The lowest BCUT2D eigenvalue weighted by Crippen LogP contribution is -2.53. The summed E-state index contributed by atoms with van der Waals surface area (Å²) in [5.41, 5.74) is 1.18. The molecule has 5 aromatic carbocycles. The molecular weight excluding hydrogens is 654 g/mol. The van der Waals surface area contributed by atoms with E-state index in [0.717, 1.165) is 9.87 Å². The highest BCUT2D eigenvalue weighted by Crippen LogP contribution is 2.29. The summed E-state index contributed by atoms with van der Waals surface area (Å²) < 4.78 is 50.5. The van der Waals surface area contributed by atoms with Crippen LogP contribution in [0.25, 0.3) is 0 Å². The molecule has 0 aromatic heterocycles. The zero-order valence-electron chi connectivity index (χ0n) is 28.0. The van der Waals surface area contributed by atoms with E-state index in [1.54, 1.807) is 72.8 Å². The fourth-order valence-corrected chi connectivity index (χ4v) is 6.78. The molecule has 0 radical (unpaired) electrons. The summed E-state index contributed by atoms with van der Waals surface area (Å²) in [7, 11) is -4.29. The molecule has 10 heteroatoms. The zero-order chi connectivity index (χ0) is 35.5. The van der Waals surface area contributed by atoms with Crippen LogP contribution in [0, 0.1) is 11.7 Å². The molecule has 1 unspecified atom stereocenters. The van der Waals surface area contributed by atoms with Crippen LogP contribution in [0.1, 0.15) is 25.0 Å². The molecule has 2 amide bonds. The summed E-state index contributed by atoms with van der Waals surface area (Å²) in [5, 5.41) is 2.93. The fourth-order valence-electron chi connectivity index (χ4n) is 5.34. The number of rotatable bonds is 15. The van der Waals surface area contributed by atoms with E-state index >= 15 is 4.39 Å². The van der Waals surface area contributed by atoms with Crippen LogP contribution in [0.3, 0.4) is 0 Å². The number of nitrogens with zero attached hydrogens (tertiary/aromatic N) is 2. The molecule has 0 aliphatic rings. The second kappa shape index (κ2) is 16.8. The highest BCUT2D eigenvalue weighted by Gasteiger charge is 2.35. The van der Waals surface area contributed by atoms with E-state index in [-0.39, 0.29) is 35.0 Å². The number of amides is 2. The van der Waals surface area contributed by atoms with E-state index in [1.807, 2.05) is 62.4 Å². The van der Waals surface area contributed by atoms with Crippen molar-refractivity contribution in [1.82, 2.24) is 10.2 Å². The first kappa shape index (κ1) is 35.8. The summed E-state index contributed by atoms with van der Waals surface area (Å²) >= 11 is 0. The largest absolute Gasteiger partial charge is 0.457 e. The summed E-state index contributed by atoms with van der Waals surface area (Å²) in [4.78, 5) is 29.7. The van der Waals surface area contributed by atoms with E-state index in [1.165, 1.54) is 23.1 Å². The van der Waals surface area contributed by atoms with Crippen LogP contribution in [0.2, 0.25) is 0 Å². The molecule has 0 saturated heterocycles. The minimum absolute atomic E-state index is 0.0198. The van der Waals surface area contributed by atoms with Gasteiger partial charge in [0.05, 0.1) is 10.6 Å². The number of para-hydroxylation sites is 1. The second-order valence-electron chi connectivity index (χ2n) is 12.2. The Kier molecular flexibility index (Phi) is 12.0. The molecule has 0 saturated carbocycles. The normalized spacial score (nSPS) is 11.8. The third-order valence-corrected chi connectivity index (χ3v) is 9.76. The average molecular weight is 694 g/mol. The molecule has 5 rings (SSSR count). The molecule has 258 valence electrons. The molecule has 0 bridgehead atoms. The smallest absolute Gasteiger partial charge is 0.264 e.